The summed E-state index contributed by atoms with van der Waals surface area (Å²) >= 11 is 0. The van der Waals surface area contributed by atoms with Gasteiger partial charge >= 0.3 is 11.9 Å². The van der Waals surface area contributed by atoms with E-state index < -0.39 is 42.6 Å². The monoisotopic (exact) mass is 354 g/mol. The first-order chi connectivity index (χ1) is 11.8. The average molecular weight is 354 g/mol. The lowest BCUT2D eigenvalue weighted by Crippen LogP contribution is -2.60. The number of carbonyl (C=O) groups is 2. The molecule has 0 aliphatic carbocycles. The van der Waals surface area contributed by atoms with Crippen molar-refractivity contribution >= 4 is 11.9 Å². The van der Waals surface area contributed by atoms with E-state index in [0.717, 1.165) is 0 Å². The lowest BCUT2D eigenvalue weighted by Gasteiger charge is -2.41. The Morgan fingerprint density at radius 2 is 1.64 bits per heavy atom. The van der Waals surface area contributed by atoms with Gasteiger partial charge in [0.15, 0.2) is 12.2 Å². The Kier molecular flexibility index (Phi) is 6.35. The van der Waals surface area contributed by atoms with Crippen molar-refractivity contribution in [3.63, 3.8) is 0 Å². The molecule has 25 heavy (non-hydrogen) atoms. The van der Waals surface area contributed by atoms with Gasteiger partial charge in [0.2, 0.25) is 6.29 Å². The minimum atomic E-state index is -1.31. The molecule has 2 rings (SSSR count). The van der Waals surface area contributed by atoms with Crippen LogP contribution in [0.2, 0.25) is 0 Å². The first kappa shape index (κ1) is 19.2. The van der Waals surface area contributed by atoms with Crippen LogP contribution >= 0.6 is 0 Å². The molecule has 1 heterocycles. The van der Waals surface area contributed by atoms with E-state index >= 15 is 0 Å². The fourth-order valence-electron chi connectivity index (χ4n) is 2.57. The lowest BCUT2D eigenvalue weighted by atomic mass is 9.99. The number of ether oxygens (including phenoxy) is 4. The SMILES string of the molecule is CC(=O)O[C@@H]1[C@H](Oc2ccc(CO)cc2)O[C@@H](C)[C@@H](OC(C)=O)[C@H]1O. The van der Waals surface area contributed by atoms with Gasteiger partial charge in [-0.15, -0.1) is 0 Å². The highest BCUT2D eigenvalue weighted by Crippen LogP contribution is 2.28. The maximum Gasteiger partial charge on any atom is 0.303 e. The van der Waals surface area contributed by atoms with Crippen molar-refractivity contribution in [3.05, 3.63) is 29.8 Å². The average Bonchev–Trinajstić information content (AvgIpc) is 2.55. The van der Waals surface area contributed by atoms with Crippen molar-refractivity contribution in [2.45, 2.75) is 58.1 Å². The quantitative estimate of drug-likeness (QED) is 0.737. The molecule has 0 saturated carbocycles. The Bertz CT molecular complexity index is 599. The van der Waals surface area contributed by atoms with Crippen LogP contribution in [0.15, 0.2) is 24.3 Å². The fraction of sp³-hybridized carbons (Fsp3) is 0.529. The molecule has 1 fully saturated rings. The van der Waals surface area contributed by atoms with E-state index in [0.29, 0.717) is 11.3 Å². The van der Waals surface area contributed by atoms with E-state index in [2.05, 4.69) is 0 Å². The Labute approximate surface area is 145 Å². The number of aliphatic hydroxyl groups is 2. The molecule has 0 amide bonds. The summed E-state index contributed by atoms with van der Waals surface area (Å²) in [5.41, 5.74) is 0.705. The van der Waals surface area contributed by atoms with Crippen LogP contribution in [0.25, 0.3) is 0 Å². The van der Waals surface area contributed by atoms with Gasteiger partial charge in [-0.25, -0.2) is 0 Å². The summed E-state index contributed by atoms with van der Waals surface area (Å²) in [7, 11) is 0. The number of esters is 2. The van der Waals surface area contributed by atoms with Gasteiger partial charge in [-0.1, -0.05) is 12.1 Å². The molecule has 8 heteroatoms. The van der Waals surface area contributed by atoms with E-state index in [4.69, 9.17) is 24.1 Å². The van der Waals surface area contributed by atoms with Crippen LogP contribution < -0.4 is 4.74 Å². The van der Waals surface area contributed by atoms with E-state index in [9.17, 15) is 14.7 Å². The molecule has 1 aliphatic heterocycles. The summed E-state index contributed by atoms with van der Waals surface area (Å²) in [6.07, 6.45) is -5.22. The molecule has 1 aromatic rings. The zero-order valence-corrected chi connectivity index (χ0v) is 14.2. The van der Waals surface area contributed by atoms with Crippen molar-refractivity contribution in [3.8, 4) is 5.75 Å². The third-order valence-electron chi connectivity index (χ3n) is 3.72. The van der Waals surface area contributed by atoms with Crippen molar-refractivity contribution in [1.29, 1.82) is 0 Å². The molecular weight excluding hydrogens is 332 g/mol. The predicted octanol–water partition coefficient (Wildman–Crippen LogP) is 0.527. The second-order valence-corrected chi connectivity index (χ2v) is 5.77. The fourth-order valence-corrected chi connectivity index (χ4v) is 2.57. The van der Waals surface area contributed by atoms with Gasteiger partial charge < -0.3 is 29.2 Å². The smallest absolute Gasteiger partial charge is 0.303 e. The highest BCUT2D eigenvalue weighted by atomic mass is 16.7. The van der Waals surface area contributed by atoms with Crippen LogP contribution in [0.3, 0.4) is 0 Å². The van der Waals surface area contributed by atoms with Crippen LogP contribution in [0.1, 0.15) is 26.3 Å². The number of aliphatic hydroxyl groups excluding tert-OH is 2. The summed E-state index contributed by atoms with van der Waals surface area (Å²) in [6.45, 7) is 3.92. The number of benzene rings is 1. The Morgan fingerprint density at radius 1 is 1.08 bits per heavy atom. The molecule has 0 radical (unpaired) electrons. The highest BCUT2D eigenvalue weighted by Gasteiger charge is 2.48. The van der Waals surface area contributed by atoms with Crippen molar-refractivity contribution in [2.75, 3.05) is 0 Å². The Balaban J connectivity index is 2.18. The number of hydrogen-bond acceptors (Lipinski definition) is 8. The molecule has 0 aromatic heterocycles. The molecule has 1 aromatic carbocycles. The Morgan fingerprint density at radius 3 is 2.16 bits per heavy atom. The first-order valence-corrected chi connectivity index (χ1v) is 7.86. The van der Waals surface area contributed by atoms with E-state index in [-0.39, 0.29) is 6.61 Å². The number of rotatable bonds is 5. The third kappa shape index (κ3) is 4.91. The molecule has 0 spiro atoms. The van der Waals surface area contributed by atoms with Crippen LogP contribution in [-0.2, 0) is 30.4 Å². The molecule has 8 nitrogen and oxygen atoms in total. The van der Waals surface area contributed by atoms with Crippen LogP contribution in [0.4, 0.5) is 0 Å². The molecule has 138 valence electrons. The predicted molar refractivity (Wildman–Crippen MR) is 84.4 cm³/mol. The second-order valence-electron chi connectivity index (χ2n) is 5.77. The van der Waals surface area contributed by atoms with Crippen molar-refractivity contribution in [2.24, 2.45) is 0 Å². The van der Waals surface area contributed by atoms with Gasteiger partial charge in [0.25, 0.3) is 0 Å². The largest absolute Gasteiger partial charge is 0.461 e. The van der Waals surface area contributed by atoms with E-state index in [1.54, 1.807) is 31.2 Å². The summed E-state index contributed by atoms with van der Waals surface area (Å²) in [5, 5.41) is 19.5. The molecule has 1 saturated heterocycles. The zero-order valence-electron chi connectivity index (χ0n) is 14.2. The third-order valence-corrected chi connectivity index (χ3v) is 3.72. The van der Waals surface area contributed by atoms with Crippen LogP contribution in [0, 0.1) is 0 Å². The van der Waals surface area contributed by atoms with Crippen molar-refractivity contribution in [1.82, 2.24) is 0 Å². The summed E-state index contributed by atoms with van der Waals surface area (Å²) < 4.78 is 21.5. The number of carbonyl (C=O) groups excluding carboxylic acids is 2. The zero-order chi connectivity index (χ0) is 18.6. The molecule has 1 aliphatic rings. The highest BCUT2D eigenvalue weighted by molar-refractivity contribution is 5.67. The number of hydrogen-bond donors (Lipinski definition) is 2. The van der Waals surface area contributed by atoms with Gasteiger partial charge in [0.05, 0.1) is 12.7 Å². The topological polar surface area (TPSA) is 112 Å². The first-order valence-electron chi connectivity index (χ1n) is 7.86. The normalized spacial score (nSPS) is 28.9. The van der Waals surface area contributed by atoms with Crippen molar-refractivity contribution < 1.29 is 38.7 Å². The molecule has 2 N–H and O–H groups in total. The Hall–Kier alpha value is -2.16. The minimum Gasteiger partial charge on any atom is -0.461 e. The maximum atomic E-state index is 11.4. The molecule has 0 bridgehead atoms. The maximum absolute atomic E-state index is 11.4. The molecule has 5 atom stereocenters. The second kappa shape index (κ2) is 8.28. The van der Waals surface area contributed by atoms with Crippen LogP contribution in [0.5, 0.6) is 5.75 Å². The van der Waals surface area contributed by atoms with Gasteiger partial charge in [-0.05, 0) is 24.6 Å². The van der Waals surface area contributed by atoms with E-state index in [1.165, 1.54) is 13.8 Å². The van der Waals surface area contributed by atoms with E-state index in [1.807, 2.05) is 0 Å². The van der Waals surface area contributed by atoms with Gasteiger partial charge in [0, 0.05) is 13.8 Å². The molecular formula is C17H22O8. The standard InChI is InChI=1S/C17H22O8/c1-9-15(23-10(2)19)14(21)16(24-11(3)20)17(22-9)25-13-6-4-12(8-18)5-7-13/h4-7,9,14-18,21H,8H2,1-3H3/t9-,14+,15+,16-,17-/m0/s1. The summed E-state index contributed by atoms with van der Waals surface area (Å²) in [4.78, 5) is 22.6. The molecule has 0 unspecified atom stereocenters. The minimum absolute atomic E-state index is 0.101. The summed E-state index contributed by atoms with van der Waals surface area (Å²) in [5.74, 6) is -0.808. The van der Waals surface area contributed by atoms with Gasteiger partial charge in [-0.2, -0.15) is 0 Å². The summed E-state index contributed by atoms with van der Waals surface area (Å²) in [6, 6.07) is 6.57. The van der Waals surface area contributed by atoms with Gasteiger partial charge in [0.1, 0.15) is 11.9 Å². The lowest BCUT2D eigenvalue weighted by molar-refractivity contribution is -0.276. The van der Waals surface area contributed by atoms with Gasteiger partial charge in [-0.3, -0.25) is 9.59 Å². The van der Waals surface area contributed by atoms with Crippen LogP contribution in [-0.4, -0.2) is 52.9 Å².